The molecular formula is C16H34N2. The molecule has 3 N–H and O–H groups in total. The van der Waals surface area contributed by atoms with E-state index in [1.165, 1.54) is 83.6 Å². The molecule has 0 radical (unpaired) electrons. The van der Waals surface area contributed by atoms with Crippen molar-refractivity contribution in [2.24, 2.45) is 5.73 Å². The van der Waals surface area contributed by atoms with Gasteiger partial charge in [-0.2, -0.15) is 0 Å². The van der Waals surface area contributed by atoms with Crippen molar-refractivity contribution in [2.75, 3.05) is 13.1 Å². The lowest BCUT2D eigenvalue weighted by Crippen LogP contribution is -2.44. The Balaban J connectivity index is 1.86. The molecular weight excluding hydrogens is 220 g/mol. The molecule has 0 amide bonds. The second kappa shape index (κ2) is 9.80. The lowest BCUT2D eigenvalue weighted by molar-refractivity contribution is 0.275. The monoisotopic (exact) mass is 254 g/mol. The maximum atomic E-state index is 6.41. The molecule has 1 aliphatic rings. The Bertz CT molecular complexity index is 186. The summed E-state index contributed by atoms with van der Waals surface area (Å²) in [4.78, 5) is 0. The minimum Gasteiger partial charge on any atom is -0.325 e. The van der Waals surface area contributed by atoms with Gasteiger partial charge in [0.15, 0.2) is 0 Å². The Kier molecular flexibility index (Phi) is 8.70. The zero-order valence-electron chi connectivity index (χ0n) is 12.5. The van der Waals surface area contributed by atoms with Crippen molar-refractivity contribution in [3.63, 3.8) is 0 Å². The molecule has 0 aromatic heterocycles. The highest BCUT2D eigenvalue weighted by molar-refractivity contribution is 4.87. The molecule has 1 aliphatic carbocycles. The van der Waals surface area contributed by atoms with Gasteiger partial charge < -0.3 is 11.1 Å². The molecule has 108 valence electrons. The summed E-state index contributed by atoms with van der Waals surface area (Å²) in [6.45, 7) is 4.57. The van der Waals surface area contributed by atoms with Crippen LogP contribution >= 0.6 is 0 Å². The van der Waals surface area contributed by atoms with Crippen LogP contribution in [0.3, 0.4) is 0 Å². The van der Waals surface area contributed by atoms with E-state index in [1.807, 2.05) is 0 Å². The van der Waals surface area contributed by atoms with E-state index >= 15 is 0 Å². The van der Waals surface area contributed by atoms with Gasteiger partial charge in [-0.1, -0.05) is 58.3 Å². The molecule has 0 bridgehead atoms. The van der Waals surface area contributed by atoms with Gasteiger partial charge >= 0.3 is 0 Å². The average Bonchev–Trinajstić information content (AvgIpc) is 2.38. The van der Waals surface area contributed by atoms with Crippen LogP contribution in [-0.4, -0.2) is 18.6 Å². The van der Waals surface area contributed by atoms with Crippen LogP contribution in [0.25, 0.3) is 0 Å². The zero-order chi connectivity index (χ0) is 13.1. The summed E-state index contributed by atoms with van der Waals surface area (Å²) in [6.07, 6.45) is 16.0. The van der Waals surface area contributed by atoms with Gasteiger partial charge in [0, 0.05) is 5.54 Å². The highest BCUT2D eigenvalue weighted by atomic mass is 14.9. The van der Waals surface area contributed by atoms with Gasteiger partial charge in [0.1, 0.15) is 0 Å². The molecule has 1 saturated carbocycles. The minimum atomic E-state index is 0.159. The first-order valence-electron chi connectivity index (χ1n) is 8.26. The van der Waals surface area contributed by atoms with Gasteiger partial charge in [0.2, 0.25) is 0 Å². The van der Waals surface area contributed by atoms with Crippen molar-refractivity contribution in [1.29, 1.82) is 0 Å². The summed E-state index contributed by atoms with van der Waals surface area (Å²) < 4.78 is 0. The predicted octanol–water partition coefficient (Wildman–Crippen LogP) is 3.99. The molecule has 0 unspecified atom stereocenters. The Labute approximate surface area is 114 Å². The molecule has 1 fully saturated rings. The summed E-state index contributed by atoms with van der Waals surface area (Å²) in [5.74, 6) is 0. The molecule has 0 aliphatic heterocycles. The summed E-state index contributed by atoms with van der Waals surface area (Å²) >= 11 is 0. The third-order valence-corrected chi connectivity index (χ3v) is 4.36. The molecule has 1 rings (SSSR count). The largest absolute Gasteiger partial charge is 0.325 e. The van der Waals surface area contributed by atoms with E-state index < -0.39 is 0 Å². The average molecular weight is 254 g/mol. The Morgan fingerprint density at radius 3 is 2.28 bits per heavy atom. The van der Waals surface area contributed by atoms with E-state index in [4.69, 9.17) is 5.73 Å². The number of nitrogens with one attached hydrogen (secondary N) is 1. The third-order valence-electron chi connectivity index (χ3n) is 4.36. The van der Waals surface area contributed by atoms with Crippen molar-refractivity contribution < 1.29 is 0 Å². The normalized spacial score (nSPS) is 19.0. The molecule has 0 aromatic carbocycles. The van der Waals surface area contributed by atoms with Crippen LogP contribution in [0.15, 0.2) is 0 Å². The van der Waals surface area contributed by atoms with Crippen molar-refractivity contribution in [1.82, 2.24) is 5.32 Å². The predicted molar refractivity (Wildman–Crippen MR) is 80.9 cm³/mol. The van der Waals surface area contributed by atoms with Crippen LogP contribution in [0.5, 0.6) is 0 Å². The van der Waals surface area contributed by atoms with Crippen molar-refractivity contribution >= 4 is 0 Å². The quantitative estimate of drug-likeness (QED) is 0.579. The van der Waals surface area contributed by atoms with E-state index in [0.717, 1.165) is 6.54 Å². The van der Waals surface area contributed by atoms with Crippen LogP contribution in [0, 0.1) is 0 Å². The van der Waals surface area contributed by atoms with Gasteiger partial charge in [-0.25, -0.2) is 0 Å². The molecule has 0 heterocycles. The van der Waals surface area contributed by atoms with Gasteiger partial charge in [0.25, 0.3) is 0 Å². The number of rotatable bonds is 10. The topological polar surface area (TPSA) is 38.0 Å². The first-order valence-corrected chi connectivity index (χ1v) is 8.26. The maximum absolute atomic E-state index is 6.41. The number of hydrogen-bond donors (Lipinski definition) is 2. The lowest BCUT2D eigenvalue weighted by atomic mass is 9.80. The summed E-state index contributed by atoms with van der Waals surface area (Å²) in [5.41, 5.74) is 6.57. The van der Waals surface area contributed by atoms with Gasteiger partial charge in [0.05, 0.1) is 0 Å². The third kappa shape index (κ3) is 7.38. The molecule has 0 saturated heterocycles. The fourth-order valence-electron chi connectivity index (χ4n) is 3.00. The lowest BCUT2D eigenvalue weighted by Gasteiger charge is -2.33. The number of hydrogen-bond acceptors (Lipinski definition) is 2. The van der Waals surface area contributed by atoms with E-state index in [9.17, 15) is 0 Å². The van der Waals surface area contributed by atoms with E-state index in [-0.39, 0.29) is 5.54 Å². The van der Waals surface area contributed by atoms with Crippen molar-refractivity contribution in [3.05, 3.63) is 0 Å². The minimum absolute atomic E-state index is 0.159. The van der Waals surface area contributed by atoms with E-state index in [2.05, 4.69) is 12.2 Å². The SMILES string of the molecule is CCCCCCCCNCCC1(N)CCCCC1. The molecule has 18 heavy (non-hydrogen) atoms. The Morgan fingerprint density at radius 2 is 1.56 bits per heavy atom. The summed E-state index contributed by atoms with van der Waals surface area (Å²) in [7, 11) is 0. The Hall–Kier alpha value is -0.0800. The summed E-state index contributed by atoms with van der Waals surface area (Å²) in [5, 5.41) is 3.57. The van der Waals surface area contributed by atoms with Gasteiger partial charge in [-0.3, -0.25) is 0 Å². The summed E-state index contributed by atoms with van der Waals surface area (Å²) in [6, 6.07) is 0. The molecule has 0 spiro atoms. The van der Waals surface area contributed by atoms with Gasteiger partial charge in [-0.05, 0) is 38.8 Å². The zero-order valence-corrected chi connectivity index (χ0v) is 12.5. The van der Waals surface area contributed by atoms with E-state index in [0.29, 0.717) is 0 Å². The number of unbranched alkanes of at least 4 members (excludes halogenated alkanes) is 5. The molecule has 0 atom stereocenters. The molecule has 0 aromatic rings. The first-order chi connectivity index (χ1) is 8.77. The maximum Gasteiger partial charge on any atom is 0.0166 e. The smallest absolute Gasteiger partial charge is 0.0166 e. The van der Waals surface area contributed by atoms with Crippen LogP contribution in [0.2, 0.25) is 0 Å². The first kappa shape index (κ1) is 16.0. The fraction of sp³-hybridized carbons (Fsp3) is 1.00. The van der Waals surface area contributed by atoms with Crippen LogP contribution in [-0.2, 0) is 0 Å². The second-order valence-electron chi connectivity index (χ2n) is 6.19. The van der Waals surface area contributed by atoms with Crippen LogP contribution in [0.4, 0.5) is 0 Å². The van der Waals surface area contributed by atoms with E-state index in [1.54, 1.807) is 0 Å². The van der Waals surface area contributed by atoms with Crippen molar-refractivity contribution in [3.8, 4) is 0 Å². The second-order valence-corrected chi connectivity index (χ2v) is 6.19. The van der Waals surface area contributed by atoms with Gasteiger partial charge in [-0.15, -0.1) is 0 Å². The highest BCUT2D eigenvalue weighted by Crippen LogP contribution is 2.28. The standard InChI is InChI=1S/C16H34N2/c1-2-3-4-5-6-10-14-18-15-13-16(17)11-8-7-9-12-16/h18H,2-15,17H2,1H3. The fourth-order valence-corrected chi connectivity index (χ4v) is 3.00. The van der Waals surface area contributed by atoms with Crippen LogP contribution < -0.4 is 11.1 Å². The van der Waals surface area contributed by atoms with Crippen LogP contribution in [0.1, 0.15) is 84.0 Å². The highest BCUT2D eigenvalue weighted by Gasteiger charge is 2.26. The molecule has 2 heteroatoms. The van der Waals surface area contributed by atoms with Crippen molar-refractivity contribution in [2.45, 2.75) is 89.5 Å². The Morgan fingerprint density at radius 1 is 0.889 bits per heavy atom. The molecule has 2 nitrogen and oxygen atoms in total. The number of nitrogens with two attached hydrogens (primary N) is 1.